The Kier molecular flexibility index (Phi) is 7.07. The molecule has 0 spiro atoms. The minimum absolute atomic E-state index is 0.149. The van der Waals surface area contributed by atoms with Crippen LogP contribution in [0.1, 0.15) is 24.2 Å². The van der Waals surface area contributed by atoms with E-state index in [2.05, 4.69) is 15.6 Å². The fourth-order valence-electron chi connectivity index (χ4n) is 4.23. The van der Waals surface area contributed by atoms with Crippen LogP contribution in [0.4, 0.5) is 5.82 Å². The van der Waals surface area contributed by atoms with Crippen LogP contribution in [0.3, 0.4) is 0 Å². The van der Waals surface area contributed by atoms with Crippen LogP contribution in [-0.2, 0) is 27.3 Å². The summed E-state index contributed by atoms with van der Waals surface area (Å²) in [6, 6.07) is 11.4. The van der Waals surface area contributed by atoms with E-state index in [9.17, 15) is 14.4 Å². The number of aromatic nitrogens is 1. The molecule has 2 atom stereocenters. The van der Waals surface area contributed by atoms with Gasteiger partial charge in [0.25, 0.3) is 0 Å². The number of hydrogen-bond donors (Lipinski definition) is 4. The predicted octanol–water partition coefficient (Wildman–Crippen LogP) is 1.30. The first-order chi connectivity index (χ1) is 16.4. The summed E-state index contributed by atoms with van der Waals surface area (Å²) in [6.07, 6.45) is 3.10. The number of benzene rings is 1. The molecule has 1 aliphatic heterocycles. The summed E-state index contributed by atoms with van der Waals surface area (Å²) in [4.78, 5) is 43.0. The van der Waals surface area contributed by atoms with Gasteiger partial charge in [-0.2, -0.15) is 0 Å². The molecule has 1 aliphatic rings. The van der Waals surface area contributed by atoms with Crippen molar-refractivity contribution in [1.29, 1.82) is 0 Å². The van der Waals surface area contributed by atoms with Crippen molar-refractivity contribution in [3.63, 3.8) is 0 Å². The Bertz CT molecular complexity index is 1180. The average Bonchev–Trinajstić information content (AvgIpc) is 3.48. The fraction of sp³-hybridized carbons (Fsp3) is 0.333. The van der Waals surface area contributed by atoms with Crippen molar-refractivity contribution in [1.82, 2.24) is 20.5 Å². The van der Waals surface area contributed by atoms with Gasteiger partial charge in [0.2, 0.25) is 11.8 Å². The minimum Gasteiger partial charge on any atom is -0.480 e. The van der Waals surface area contributed by atoms with Crippen molar-refractivity contribution < 1.29 is 23.9 Å². The van der Waals surface area contributed by atoms with Crippen LogP contribution in [0.5, 0.6) is 0 Å². The molecule has 2 amide bonds. The number of fused-ring (bicyclic) bond motifs is 1. The second kappa shape index (κ2) is 10.3. The minimum atomic E-state index is -1.05. The molecule has 0 unspecified atom stereocenters. The number of pyridine rings is 1. The van der Waals surface area contributed by atoms with Gasteiger partial charge in [-0.15, -0.1) is 0 Å². The number of furan rings is 1. The molecule has 3 aromatic rings. The Balaban J connectivity index is 1.42. The maximum absolute atomic E-state index is 13.4. The van der Waals surface area contributed by atoms with Gasteiger partial charge in [-0.1, -0.05) is 30.3 Å². The van der Waals surface area contributed by atoms with Crippen LogP contribution in [0.15, 0.2) is 53.1 Å². The number of carbonyl (C=O) groups is 3. The predicted molar refractivity (Wildman–Crippen MR) is 125 cm³/mol. The lowest BCUT2D eigenvalue weighted by Crippen LogP contribution is -2.53. The standard InChI is InChI=1S/C24H27N5O5/c25-22-17-12-16(34-20(17)8-9-26-22)13-28-23(32)19-7-4-10-29(19)24(33)18(27-14-21(30)31)11-15-5-2-1-3-6-15/h1-3,5-6,8-9,12,18-19,27H,4,7,10-11,13-14H2,(H2,25,26)(H,28,32)(H,30,31)/t18-,19+/m1/s1. The molecule has 34 heavy (non-hydrogen) atoms. The third kappa shape index (κ3) is 5.34. The Labute approximate surface area is 196 Å². The van der Waals surface area contributed by atoms with Gasteiger partial charge in [0.15, 0.2) is 0 Å². The molecule has 10 nitrogen and oxygen atoms in total. The van der Waals surface area contributed by atoms with E-state index in [1.807, 2.05) is 30.3 Å². The number of carboxylic acids is 1. The van der Waals surface area contributed by atoms with Gasteiger partial charge in [0.1, 0.15) is 23.2 Å². The van der Waals surface area contributed by atoms with Crippen molar-refractivity contribution in [2.75, 3.05) is 18.8 Å². The number of aliphatic carboxylic acids is 1. The number of carbonyl (C=O) groups excluding carboxylic acids is 2. The monoisotopic (exact) mass is 465 g/mol. The number of likely N-dealkylation sites (tertiary alicyclic amines) is 1. The highest BCUT2D eigenvalue weighted by molar-refractivity contribution is 5.91. The molecular weight excluding hydrogens is 438 g/mol. The van der Waals surface area contributed by atoms with Gasteiger partial charge < -0.3 is 25.5 Å². The van der Waals surface area contributed by atoms with Crippen LogP contribution < -0.4 is 16.4 Å². The molecule has 1 fully saturated rings. The lowest BCUT2D eigenvalue weighted by Gasteiger charge is -2.28. The number of amides is 2. The second-order valence-corrected chi connectivity index (χ2v) is 8.25. The Morgan fingerprint density at radius 3 is 2.76 bits per heavy atom. The molecule has 178 valence electrons. The number of nitrogens with zero attached hydrogens (tertiary/aromatic N) is 2. The molecule has 5 N–H and O–H groups in total. The first kappa shape index (κ1) is 23.2. The van der Waals surface area contributed by atoms with Gasteiger partial charge in [0, 0.05) is 12.7 Å². The van der Waals surface area contributed by atoms with Crippen molar-refractivity contribution in [2.45, 2.75) is 37.9 Å². The highest BCUT2D eigenvalue weighted by Crippen LogP contribution is 2.23. The first-order valence-electron chi connectivity index (χ1n) is 11.1. The average molecular weight is 466 g/mol. The molecule has 3 heterocycles. The van der Waals surface area contributed by atoms with E-state index in [-0.39, 0.29) is 24.9 Å². The highest BCUT2D eigenvalue weighted by Gasteiger charge is 2.37. The Morgan fingerprint density at radius 2 is 2.03 bits per heavy atom. The molecule has 0 aliphatic carbocycles. The molecule has 0 bridgehead atoms. The molecule has 2 aromatic heterocycles. The number of nitrogens with one attached hydrogen (secondary N) is 2. The van der Waals surface area contributed by atoms with Crippen LogP contribution in [0, 0.1) is 0 Å². The normalized spacial score (nSPS) is 16.5. The smallest absolute Gasteiger partial charge is 0.317 e. The zero-order valence-corrected chi connectivity index (χ0v) is 18.6. The van der Waals surface area contributed by atoms with Gasteiger partial charge in [0.05, 0.1) is 24.5 Å². The third-order valence-electron chi connectivity index (χ3n) is 5.88. The summed E-state index contributed by atoms with van der Waals surface area (Å²) < 4.78 is 5.71. The zero-order chi connectivity index (χ0) is 24.1. The van der Waals surface area contributed by atoms with Crippen molar-refractivity contribution in [3.8, 4) is 0 Å². The molecular formula is C24H27N5O5. The maximum atomic E-state index is 13.4. The lowest BCUT2D eigenvalue weighted by atomic mass is 10.0. The van der Waals surface area contributed by atoms with E-state index < -0.39 is 18.1 Å². The van der Waals surface area contributed by atoms with Crippen molar-refractivity contribution in [3.05, 3.63) is 60.0 Å². The second-order valence-electron chi connectivity index (χ2n) is 8.25. The molecule has 0 radical (unpaired) electrons. The van der Waals surface area contributed by atoms with Crippen LogP contribution in [0.25, 0.3) is 11.0 Å². The molecule has 1 saturated heterocycles. The van der Waals surface area contributed by atoms with Crippen molar-refractivity contribution in [2.24, 2.45) is 0 Å². The fourth-order valence-corrected chi connectivity index (χ4v) is 4.23. The summed E-state index contributed by atoms with van der Waals surface area (Å²) in [7, 11) is 0. The van der Waals surface area contributed by atoms with E-state index in [0.29, 0.717) is 48.4 Å². The Hall–Kier alpha value is -3.92. The number of nitrogens with two attached hydrogens (primary N) is 1. The Morgan fingerprint density at radius 1 is 1.24 bits per heavy atom. The number of hydrogen-bond acceptors (Lipinski definition) is 7. The van der Waals surface area contributed by atoms with Gasteiger partial charge in [-0.25, -0.2) is 4.98 Å². The van der Waals surface area contributed by atoms with E-state index in [1.54, 1.807) is 23.2 Å². The molecule has 0 saturated carbocycles. The summed E-state index contributed by atoms with van der Waals surface area (Å²) in [5.41, 5.74) is 7.34. The van der Waals surface area contributed by atoms with Gasteiger partial charge in [-0.3, -0.25) is 19.7 Å². The lowest BCUT2D eigenvalue weighted by molar-refractivity contribution is -0.141. The zero-order valence-electron chi connectivity index (χ0n) is 18.6. The van der Waals surface area contributed by atoms with Gasteiger partial charge in [-0.05, 0) is 37.0 Å². The topological polar surface area (TPSA) is 151 Å². The summed E-state index contributed by atoms with van der Waals surface area (Å²) >= 11 is 0. The van der Waals surface area contributed by atoms with Crippen LogP contribution in [0.2, 0.25) is 0 Å². The van der Waals surface area contributed by atoms with Crippen molar-refractivity contribution >= 4 is 34.6 Å². The molecule has 4 rings (SSSR count). The number of carboxylic acid groups (broad SMARTS) is 1. The largest absolute Gasteiger partial charge is 0.480 e. The quantitative estimate of drug-likeness (QED) is 0.369. The van der Waals surface area contributed by atoms with Crippen LogP contribution in [-0.4, -0.2) is 57.9 Å². The number of rotatable bonds is 9. The maximum Gasteiger partial charge on any atom is 0.317 e. The van der Waals surface area contributed by atoms with E-state index in [4.69, 9.17) is 15.3 Å². The van der Waals surface area contributed by atoms with E-state index in [1.165, 1.54) is 0 Å². The third-order valence-corrected chi connectivity index (χ3v) is 5.88. The molecule has 1 aromatic carbocycles. The highest BCUT2D eigenvalue weighted by atomic mass is 16.4. The number of anilines is 1. The van der Waals surface area contributed by atoms with Crippen LogP contribution >= 0.6 is 0 Å². The first-order valence-corrected chi connectivity index (χ1v) is 11.1. The summed E-state index contributed by atoms with van der Waals surface area (Å²) in [5.74, 6) is -0.739. The van der Waals surface area contributed by atoms with E-state index >= 15 is 0 Å². The SMILES string of the molecule is Nc1nccc2oc(CNC(=O)[C@@H]3CCCN3C(=O)[C@@H](Cc3ccccc3)NCC(=O)O)cc12. The molecule has 10 heteroatoms. The van der Waals surface area contributed by atoms with Gasteiger partial charge >= 0.3 is 5.97 Å². The summed E-state index contributed by atoms with van der Waals surface area (Å²) in [5, 5.41) is 15.4. The summed E-state index contributed by atoms with van der Waals surface area (Å²) in [6.45, 7) is 0.234. The van der Waals surface area contributed by atoms with E-state index in [0.717, 1.165) is 5.56 Å². The number of nitrogen functional groups attached to an aromatic ring is 1.